The predicted octanol–water partition coefficient (Wildman–Crippen LogP) is 2.73. The average Bonchev–Trinajstić information content (AvgIpc) is 2.72. The molecule has 0 spiro atoms. The molecule has 0 amide bonds. The Morgan fingerprint density at radius 3 is 3.00 bits per heavy atom. The number of carbonyl (C=O) groups is 1. The molecule has 0 aliphatic heterocycles. The first-order valence-electron chi connectivity index (χ1n) is 5.52. The Morgan fingerprint density at radius 2 is 2.24 bits per heavy atom. The minimum absolute atomic E-state index is 0.215. The molecule has 0 atom stereocenters. The van der Waals surface area contributed by atoms with E-state index in [0.717, 1.165) is 10.9 Å². The summed E-state index contributed by atoms with van der Waals surface area (Å²) < 4.78 is 19.6. The van der Waals surface area contributed by atoms with Gasteiger partial charge in [-0.3, -0.25) is 4.79 Å². The van der Waals surface area contributed by atoms with Gasteiger partial charge in [-0.1, -0.05) is 0 Å². The van der Waals surface area contributed by atoms with Crippen LogP contribution in [0.3, 0.4) is 0 Å². The lowest BCUT2D eigenvalue weighted by molar-refractivity contribution is -0.140. The van der Waals surface area contributed by atoms with Crippen molar-refractivity contribution in [2.24, 2.45) is 0 Å². The normalized spacial score (nSPS) is 10.7. The molecule has 0 radical (unpaired) electrons. The minimum atomic E-state index is -0.245. The molecule has 17 heavy (non-hydrogen) atoms. The van der Waals surface area contributed by atoms with Gasteiger partial charge in [0.25, 0.3) is 0 Å². The first-order valence-corrected chi connectivity index (χ1v) is 5.52. The zero-order chi connectivity index (χ0) is 12.3. The zero-order valence-electron chi connectivity index (χ0n) is 9.65. The maximum absolute atomic E-state index is 13.1. The molecule has 0 unspecified atom stereocenters. The number of ether oxygens (including phenoxy) is 1. The number of halogens is 1. The molecule has 3 nitrogen and oxygen atoms in total. The predicted molar refractivity (Wildman–Crippen MR) is 63.1 cm³/mol. The number of aromatic nitrogens is 1. The number of hydrogen-bond donors (Lipinski definition) is 0. The fourth-order valence-electron chi connectivity index (χ4n) is 1.85. The molecule has 0 aliphatic carbocycles. The first-order chi connectivity index (χ1) is 8.20. The van der Waals surface area contributed by atoms with Gasteiger partial charge in [-0.05, 0) is 36.1 Å². The van der Waals surface area contributed by atoms with E-state index >= 15 is 0 Å². The molecule has 0 saturated heterocycles. The molecule has 0 saturated carbocycles. The van der Waals surface area contributed by atoms with Crippen LogP contribution in [0.25, 0.3) is 10.9 Å². The monoisotopic (exact) mass is 235 g/mol. The second-order valence-electron chi connectivity index (χ2n) is 3.89. The van der Waals surface area contributed by atoms with Crippen LogP contribution in [0.4, 0.5) is 4.39 Å². The molecule has 4 heteroatoms. The number of methoxy groups -OCH3 is 1. The van der Waals surface area contributed by atoms with Gasteiger partial charge in [0, 0.05) is 19.2 Å². The Kier molecular flexibility index (Phi) is 3.42. The van der Waals surface area contributed by atoms with E-state index in [1.807, 2.05) is 16.8 Å². The van der Waals surface area contributed by atoms with Crippen LogP contribution in [0.2, 0.25) is 0 Å². The lowest BCUT2D eigenvalue weighted by Crippen LogP contribution is -2.03. The van der Waals surface area contributed by atoms with Crippen molar-refractivity contribution in [3.05, 3.63) is 36.3 Å². The Balaban J connectivity index is 2.08. The van der Waals surface area contributed by atoms with Crippen LogP contribution in [0.1, 0.15) is 12.8 Å². The molecule has 2 aromatic rings. The van der Waals surface area contributed by atoms with Crippen LogP contribution >= 0.6 is 0 Å². The number of fused-ring (bicyclic) bond motifs is 1. The molecule has 1 aromatic heterocycles. The van der Waals surface area contributed by atoms with Gasteiger partial charge in [-0.2, -0.15) is 0 Å². The summed E-state index contributed by atoms with van der Waals surface area (Å²) in [7, 11) is 1.38. The maximum atomic E-state index is 13.1. The molecule has 0 bridgehead atoms. The fraction of sp³-hybridized carbons (Fsp3) is 0.308. The van der Waals surface area contributed by atoms with Crippen molar-refractivity contribution >= 4 is 16.9 Å². The van der Waals surface area contributed by atoms with Gasteiger partial charge >= 0.3 is 5.97 Å². The number of carbonyl (C=O) groups excluding carboxylic acids is 1. The van der Waals surface area contributed by atoms with E-state index in [4.69, 9.17) is 0 Å². The number of hydrogen-bond acceptors (Lipinski definition) is 2. The van der Waals surface area contributed by atoms with E-state index in [9.17, 15) is 9.18 Å². The SMILES string of the molecule is COC(=O)CCCn1ccc2ccc(F)cc21. The molecular weight excluding hydrogens is 221 g/mol. The lowest BCUT2D eigenvalue weighted by Gasteiger charge is -2.04. The molecule has 0 aliphatic rings. The molecular formula is C13H14FNO2. The van der Waals surface area contributed by atoms with E-state index in [1.165, 1.54) is 19.2 Å². The van der Waals surface area contributed by atoms with Gasteiger partial charge in [-0.15, -0.1) is 0 Å². The van der Waals surface area contributed by atoms with Crippen molar-refractivity contribution in [3.8, 4) is 0 Å². The Morgan fingerprint density at radius 1 is 1.41 bits per heavy atom. The smallest absolute Gasteiger partial charge is 0.305 e. The first kappa shape index (κ1) is 11.6. The van der Waals surface area contributed by atoms with Gasteiger partial charge in [0.2, 0.25) is 0 Å². The molecule has 1 aromatic carbocycles. The third-order valence-corrected chi connectivity index (χ3v) is 2.74. The van der Waals surface area contributed by atoms with Crippen LogP contribution in [0.15, 0.2) is 30.5 Å². The summed E-state index contributed by atoms with van der Waals surface area (Å²) in [6.07, 6.45) is 2.97. The summed E-state index contributed by atoms with van der Waals surface area (Å²) in [5, 5.41) is 1.00. The molecule has 1 heterocycles. The van der Waals surface area contributed by atoms with Gasteiger partial charge < -0.3 is 9.30 Å². The third kappa shape index (κ3) is 2.64. The van der Waals surface area contributed by atoms with Gasteiger partial charge in [0.05, 0.1) is 12.6 Å². The Labute approximate surface area is 98.8 Å². The largest absolute Gasteiger partial charge is 0.469 e. The van der Waals surface area contributed by atoms with Crippen molar-refractivity contribution in [2.75, 3.05) is 7.11 Å². The maximum Gasteiger partial charge on any atom is 0.305 e. The highest BCUT2D eigenvalue weighted by molar-refractivity contribution is 5.80. The van der Waals surface area contributed by atoms with Crippen molar-refractivity contribution in [1.29, 1.82) is 0 Å². The second-order valence-corrected chi connectivity index (χ2v) is 3.89. The highest BCUT2D eigenvalue weighted by atomic mass is 19.1. The molecule has 90 valence electrons. The van der Waals surface area contributed by atoms with Crippen molar-refractivity contribution < 1.29 is 13.9 Å². The number of aryl methyl sites for hydroxylation is 1. The van der Waals surface area contributed by atoms with Crippen molar-refractivity contribution in [2.45, 2.75) is 19.4 Å². The van der Waals surface area contributed by atoms with E-state index in [2.05, 4.69) is 4.74 Å². The minimum Gasteiger partial charge on any atom is -0.469 e. The van der Waals surface area contributed by atoms with Gasteiger partial charge in [0.15, 0.2) is 0 Å². The third-order valence-electron chi connectivity index (χ3n) is 2.74. The van der Waals surface area contributed by atoms with Gasteiger partial charge in [-0.25, -0.2) is 4.39 Å². The van der Waals surface area contributed by atoms with E-state index < -0.39 is 0 Å². The average molecular weight is 235 g/mol. The van der Waals surface area contributed by atoms with Crippen molar-refractivity contribution in [3.63, 3.8) is 0 Å². The van der Waals surface area contributed by atoms with E-state index in [1.54, 1.807) is 6.07 Å². The Hall–Kier alpha value is -1.84. The van der Waals surface area contributed by atoms with Crippen LogP contribution in [-0.2, 0) is 16.1 Å². The summed E-state index contributed by atoms with van der Waals surface area (Å²) >= 11 is 0. The lowest BCUT2D eigenvalue weighted by atomic mass is 10.2. The number of nitrogens with zero attached hydrogens (tertiary/aromatic N) is 1. The highest BCUT2D eigenvalue weighted by Gasteiger charge is 2.04. The summed E-state index contributed by atoms with van der Waals surface area (Å²) in [6.45, 7) is 0.683. The zero-order valence-corrected chi connectivity index (χ0v) is 9.65. The Bertz CT molecular complexity index is 533. The quantitative estimate of drug-likeness (QED) is 0.763. The summed E-state index contributed by atoms with van der Waals surface area (Å²) in [4.78, 5) is 11.0. The number of benzene rings is 1. The molecule has 2 rings (SSSR count). The van der Waals surface area contributed by atoms with Crippen LogP contribution < -0.4 is 0 Å². The van der Waals surface area contributed by atoms with Crippen LogP contribution in [0.5, 0.6) is 0 Å². The van der Waals surface area contributed by atoms with Crippen molar-refractivity contribution in [1.82, 2.24) is 4.57 Å². The van der Waals surface area contributed by atoms with Crippen LogP contribution in [-0.4, -0.2) is 17.6 Å². The fourth-order valence-corrected chi connectivity index (χ4v) is 1.85. The topological polar surface area (TPSA) is 31.2 Å². The number of esters is 1. The second kappa shape index (κ2) is 4.99. The number of rotatable bonds is 4. The van der Waals surface area contributed by atoms with Crippen LogP contribution in [0, 0.1) is 5.82 Å². The van der Waals surface area contributed by atoms with Gasteiger partial charge in [0.1, 0.15) is 5.82 Å². The van der Waals surface area contributed by atoms with E-state index in [-0.39, 0.29) is 11.8 Å². The standard InChI is InChI=1S/C13H14FNO2/c1-17-13(16)3-2-7-15-8-6-10-4-5-11(14)9-12(10)15/h4-6,8-9H,2-3,7H2,1H3. The highest BCUT2D eigenvalue weighted by Crippen LogP contribution is 2.17. The molecule has 0 N–H and O–H groups in total. The summed E-state index contributed by atoms with van der Waals surface area (Å²) in [5.41, 5.74) is 0.856. The summed E-state index contributed by atoms with van der Waals surface area (Å²) in [5.74, 6) is -0.460. The van der Waals surface area contributed by atoms with E-state index in [0.29, 0.717) is 19.4 Å². The summed E-state index contributed by atoms with van der Waals surface area (Å²) in [6, 6.07) is 6.64. The molecule has 0 fully saturated rings.